The smallest absolute Gasteiger partial charge is 0.251 e. The SMILES string of the molecule is CCCC(CCC)C(=O)c1cc(C)cc(C(=O)N[C@@H](Cc2ccccc2)[C@@H](O)CNCc2cccc(OC)c2)c1. The number of nitrogens with one attached hydrogen (secondary N) is 2. The molecule has 0 aliphatic rings. The van der Waals surface area contributed by atoms with Gasteiger partial charge in [-0.1, -0.05) is 69.2 Å². The van der Waals surface area contributed by atoms with Crippen LogP contribution in [0.1, 0.15) is 76.9 Å². The number of aliphatic hydroxyl groups excluding tert-OH is 1. The van der Waals surface area contributed by atoms with E-state index in [0.29, 0.717) is 30.6 Å². The molecule has 0 unspecified atom stereocenters. The highest BCUT2D eigenvalue weighted by Gasteiger charge is 2.24. The third kappa shape index (κ3) is 9.32. The zero-order valence-corrected chi connectivity index (χ0v) is 24.3. The lowest BCUT2D eigenvalue weighted by Gasteiger charge is -2.25. The van der Waals surface area contributed by atoms with E-state index in [-0.39, 0.29) is 17.6 Å². The monoisotopic (exact) mass is 544 g/mol. The number of hydrogen-bond donors (Lipinski definition) is 3. The largest absolute Gasteiger partial charge is 0.497 e. The molecule has 3 rings (SSSR count). The number of ketones is 1. The van der Waals surface area contributed by atoms with Crippen LogP contribution in [-0.4, -0.2) is 42.6 Å². The van der Waals surface area contributed by atoms with Gasteiger partial charge in [-0.3, -0.25) is 9.59 Å². The van der Waals surface area contributed by atoms with Crippen molar-refractivity contribution in [3.8, 4) is 5.75 Å². The Bertz CT molecular complexity index is 1220. The second kappa shape index (κ2) is 15.9. The lowest BCUT2D eigenvalue weighted by molar-refractivity contribution is 0.0829. The van der Waals surface area contributed by atoms with Crippen molar-refractivity contribution in [3.05, 3.63) is 101 Å². The van der Waals surface area contributed by atoms with Gasteiger partial charge in [0.25, 0.3) is 5.91 Å². The van der Waals surface area contributed by atoms with Crippen LogP contribution in [0.3, 0.4) is 0 Å². The Kier molecular flexibility index (Phi) is 12.4. The molecule has 0 saturated heterocycles. The summed E-state index contributed by atoms with van der Waals surface area (Å²) in [7, 11) is 1.63. The standard InChI is InChI=1S/C34H44N2O4/c1-5-11-27(12-6-2)33(38)28-17-24(3)18-29(21-28)34(39)36-31(20-25-13-8-7-9-14-25)32(37)23-35-22-26-15-10-16-30(19-26)40-4/h7-10,13-19,21,27,31-32,35,37H,5-6,11-12,20,22-23H2,1-4H3,(H,36,39)/t31-,32-/m0/s1. The second-order valence-electron chi connectivity index (χ2n) is 10.5. The van der Waals surface area contributed by atoms with Crippen molar-refractivity contribution in [1.29, 1.82) is 0 Å². The van der Waals surface area contributed by atoms with Gasteiger partial charge >= 0.3 is 0 Å². The van der Waals surface area contributed by atoms with Gasteiger partial charge in [-0.2, -0.15) is 0 Å². The van der Waals surface area contributed by atoms with E-state index < -0.39 is 12.1 Å². The van der Waals surface area contributed by atoms with Crippen molar-refractivity contribution in [1.82, 2.24) is 10.6 Å². The molecule has 0 spiro atoms. The first-order valence-electron chi connectivity index (χ1n) is 14.4. The molecule has 0 bridgehead atoms. The van der Waals surface area contributed by atoms with Gasteiger partial charge in [0.05, 0.1) is 19.3 Å². The maximum atomic E-state index is 13.5. The molecule has 40 heavy (non-hydrogen) atoms. The summed E-state index contributed by atoms with van der Waals surface area (Å²) in [6, 6.07) is 22.4. The fourth-order valence-corrected chi connectivity index (χ4v) is 5.09. The number of benzene rings is 3. The third-order valence-electron chi connectivity index (χ3n) is 7.17. The van der Waals surface area contributed by atoms with Crippen molar-refractivity contribution in [2.45, 2.75) is 71.6 Å². The summed E-state index contributed by atoms with van der Waals surface area (Å²) in [5.41, 5.74) is 3.93. The van der Waals surface area contributed by atoms with Crippen LogP contribution in [0.4, 0.5) is 0 Å². The van der Waals surface area contributed by atoms with Gasteiger partial charge in [0, 0.05) is 30.1 Å². The lowest BCUT2D eigenvalue weighted by Crippen LogP contribution is -2.48. The Labute approximate surface area is 239 Å². The molecular weight excluding hydrogens is 500 g/mol. The van der Waals surface area contributed by atoms with Gasteiger partial charge in [0.1, 0.15) is 5.75 Å². The van der Waals surface area contributed by atoms with Crippen molar-refractivity contribution >= 4 is 11.7 Å². The first-order chi connectivity index (χ1) is 19.3. The Balaban J connectivity index is 1.75. The molecule has 0 saturated carbocycles. The molecule has 0 aromatic heterocycles. The fourth-order valence-electron chi connectivity index (χ4n) is 5.09. The molecule has 3 aromatic rings. The number of hydrogen-bond acceptors (Lipinski definition) is 5. The van der Waals surface area contributed by atoms with E-state index >= 15 is 0 Å². The molecule has 3 aromatic carbocycles. The summed E-state index contributed by atoms with van der Waals surface area (Å²) >= 11 is 0. The van der Waals surface area contributed by atoms with Crippen LogP contribution < -0.4 is 15.4 Å². The molecule has 3 N–H and O–H groups in total. The summed E-state index contributed by atoms with van der Waals surface area (Å²) in [6.07, 6.45) is 3.22. The molecule has 0 radical (unpaired) electrons. The maximum absolute atomic E-state index is 13.5. The van der Waals surface area contributed by atoms with Gasteiger partial charge in [-0.15, -0.1) is 0 Å². The average molecular weight is 545 g/mol. The predicted molar refractivity (Wildman–Crippen MR) is 161 cm³/mol. The molecule has 0 heterocycles. The predicted octanol–water partition coefficient (Wildman–Crippen LogP) is 5.89. The van der Waals surface area contributed by atoms with Crippen LogP contribution in [0.25, 0.3) is 0 Å². The van der Waals surface area contributed by atoms with Gasteiger partial charge in [0.15, 0.2) is 5.78 Å². The van der Waals surface area contributed by atoms with E-state index in [0.717, 1.165) is 48.1 Å². The number of aliphatic hydroxyl groups is 1. The van der Waals surface area contributed by atoms with Crippen LogP contribution in [0, 0.1) is 12.8 Å². The number of ether oxygens (including phenoxy) is 1. The normalized spacial score (nSPS) is 12.7. The number of amides is 1. The van der Waals surface area contributed by atoms with Gasteiger partial charge in [0.2, 0.25) is 0 Å². The molecule has 2 atom stereocenters. The minimum absolute atomic E-state index is 0.0315. The van der Waals surface area contributed by atoms with E-state index in [1.807, 2.05) is 67.6 Å². The van der Waals surface area contributed by atoms with Gasteiger partial charge in [-0.25, -0.2) is 0 Å². The van der Waals surface area contributed by atoms with Crippen LogP contribution >= 0.6 is 0 Å². The zero-order chi connectivity index (χ0) is 28.9. The Morgan fingerprint density at radius 3 is 2.23 bits per heavy atom. The Morgan fingerprint density at radius 1 is 0.875 bits per heavy atom. The van der Waals surface area contributed by atoms with Crippen LogP contribution in [0.5, 0.6) is 5.75 Å². The number of aryl methyl sites for hydroxylation is 1. The van der Waals surface area contributed by atoms with Crippen molar-refractivity contribution < 1.29 is 19.4 Å². The zero-order valence-electron chi connectivity index (χ0n) is 24.3. The topological polar surface area (TPSA) is 87.7 Å². The van der Waals surface area contributed by atoms with Crippen LogP contribution in [0.15, 0.2) is 72.8 Å². The molecular formula is C34H44N2O4. The Hall–Kier alpha value is -3.48. The van der Waals surface area contributed by atoms with Crippen molar-refractivity contribution in [2.75, 3.05) is 13.7 Å². The van der Waals surface area contributed by atoms with Gasteiger partial charge < -0.3 is 20.5 Å². The van der Waals surface area contributed by atoms with E-state index in [4.69, 9.17) is 4.74 Å². The van der Waals surface area contributed by atoms with Crippen molar-refractivity contribution in [2.24, 2.45) is 5.92 Å². The highest BCUT2D eigenvalue weighted by Crippen LogP contribution is 2.22. The molecule has 6 heteroatoms. The summed E-state index contributed by atoms with van der Waals surface area (Å²) in [5.74, 6) is 0.550. The Morgan fingerprint density at radius 2 is 1.55 bits per heavy atom. The number of carbonyl (C=O) groups excluding carboxylic acids is 2. The highest BCUT2D eigenvalue weighted by molar-refractivity contribution is 6.02. The quantitative estimate of drug-likeness (QED) is 0.196. The van der Waals surface area contributed by atoms with E-state index in [2.05, 4.69) is 24.5 Å². The summed E-state index contributed by atoms with van der Waals surface area (Å²) in [4.78, 5) is 26.8. The number of Topliss-reactive ketones (excluding diaryl/α,β-unsaturated/α-hetero) is 1. The third-order valence-corrected chi connectivity index (χ3v) is 7.17. The summed E-state index contributed by atoms with van der Waals surface area (Å²) in [5, 5.41) is 17.5. The minimum atomic E-state index is -0.834. The van der Waals surface area contributed by atoms with E-state index in [1.54, 1.807) is 19.2 Å². The average Bonchev–Trinajstić information content (AvgIpc) is 2.96. The molecule has 0 fully saturated rings. The number of methoxy groups -OCH3 is 1. The minimum Gasteiger partial charge on any atom is -0.497 e. The van der Waals surface area contributed by atoms with E-state index in [1.165, 1.54) is 0 Å². The van der Waals surface area contributed by atoms with Gasteiger partial charge in [-0.05, 0) is 73.2 Å². The summed E-state index contributed by atoms with van der Waals surface area (Å²) in [6.45, 7) is 6.94. The van der Waals surface area contributed by atoms with Crippen LogP contribution in [-0.2, 0) is 13.0 Å². The second-order valence-corrected chi connectivity index (χ2v) is 10.5. The number of rotatable bonds is 16. The van der Waals surface area contributed by atoms with Crippen LogP contribution in [0.2, 0.25) is 0 Å². The molecule has 0 aliphatic heterocycles. The molecule has 214 valence electrons. The molecule has 6 nitrogen and oxygen atoms in total. The van der Waals surface area contributed by atoms with E-state index in [9.17, 15) is 14.7 Å². The van der Waals surface area contributed by atoms with Crippen molar-refractivity contribution in [3.63, 3.8) is 0 Å². The molecule has 0 aliphatic carbocycles. The molecule has 1 amide bonds. The lowest BCUT2D eigenvalue weighted by atomic mass is 9.88. The maximum Gasteiger partial charge on any atom is 0.251 e. The fraction of sp³-hybridized carbons (Fsp3) is 0.412. The first-order valence-corrected chi connectivity index (χ1v) is 14.4. The first kappa shape index (κ1) is 31.1. The summed E-state index contributed by atoms with van der Waals surface area (Å²) < 4.78 is 5.30. The highest BCUT2D eigenvalue weighted by atomic mass is 16.5. The number of carbonyl (C=O) groups is 2.